The Balaban J connectivity index is 2.00. The van der Waals surface area contributed by atoms with Crippen molar-refractivity contribution in [1.82, 2.24) is 10.2 Å². The van der Waals surface area contributed by atoms with Gasteiger partial charge in [-0.15, -0.1) is 0 Å². The fraction of sp³-hybridized carbons (Fsp3) is 0.533. The zero-order valence-electron chi connectivity index (χ0n) is 12.2. The van der Waals surface area contributed by atoms with Crippen LogP contribution < -0.4 is 15.8 Å². The van der Waals surface area contributed by atoms with Gasteiger partial charge in [0.2, 0.25) is 5.91 Å². The average molecular weight is 277 g/mol. The first-order chi connectivity index (χ1) is 9.58. The molecule has 3 N–H and O–H groups in total. The zero-order valence-corrected chi connectivity index (χ0v) is 12.2. The highest BCUT2D eigenvalue weighted by atomic mass is 16.5. The van der Waals surface area contributed by atoms with Gasteiger partial charge in [0.25, 0.3) is 0 Å². The average Bonchev–Trinajstić information content (AvgIpc) is 2.79. The number of ether oxygens (including phenoxy) is 1. The molecule has 1 aromatic rings. The molecule has 1 unspecified atom stereocenters. The Hall–Kier alpha value is -1.75. The fourth-order valence-corrected chi connectivity index (χ4v) is 2.64. The monoisotopic (exact) mass is 277 g/mol. The normalized spacial score (nSPS) is 19.0. The first kappa shape index (κ1) is 14.7. The van der Waals surface area contributed by atoms with E-state index in [-0.39, 0.29) is 11.9 Å². The van der Waals surface area contributed by atoms with Crippen LogP contribution in [0.25, 0.3) is 0 Å². The lowest BCUT2D eigenvalue weighted by Gasteiger charge is -2.19. The lowest BCUT2D eigenvalue weighted by atomic mass is 10.1. The lowest BCUT2D eigenvalue weighted by Crippen LogP contribution is -2.35. The molecule has 0 bridgehead atoms. The highest BCUT2D eigenvalue weighted by Gasteiger charge is 2.23. The summed E-state index contributed by atoms with van der Waals surface area (Å²) in [7, 11) is 0. The van der Waals surface area contributed by atoms with Gasteiger partial charge < -0.3 is 15.8 Å². The third kappa shape index (κ3) is 3.87. The molecule has 20 heavy (non-hydrogen) atoms. The van der Waals surface area contributed by atoms with Gasteiger partial charge in [-0.05, 0) is 31.5 Å². The number of nitrogen functional groups attached to an aromatic ring is 1. The molecule has 0 saturated carbocycles. The maximum absolute atomic E-state index is 11.1. The summed E-state index contributed by atoms with van der Waals surface area (Å²) in [5, 5.41) is 2.97. The number of amides is 1. The van der Waals surface area contributed by atoms with Crippen LogP contribution in [-0.4, -0.2) is 36.5 Å². The second-order valence-corrected chi connectivity index (χ2v) is 5.22. The molecule has 1 heterocycles. The summed E-state index contributed by atoms with van der Waals surface area (Å²) in [5.74, 6) is 0.931. The predicted octanol–water partition coefficient (Wildman–Crippen LogP) is 1.38. The molecular weight excluding hydrogens is 254 g/mol. The lowest BCUT2D eigenvalue weighted by molar-refractivity contribution is -0.119. The number of rotatable bonds is 5. The third-order valence-electron chi connectivity index (χ3n) is 3.46. The predicted molar refractivity (Wildman–Crippen MR) is 79.5 cm³/mol. The van der Waals surface area contributed by atoms with Crippen molar-refractivity contribution in [1.29, 1.82) is 0 Å². The first-order valence-electron chi connectivity index (χ1n) is 7.09. The number of nitrogens with zero attached hydrogens (tertiary/aromatic N) is 1. The molecule has 0 aromatic heterocycles. The number of carbonyl (C=O) groups is 1. The van der Waals surface area contributed by atoms with Crippen molar-refractivity contribution >= 4 is 11.6 Å². The summed E-state index contributed by atoms with van der Waals surface area (Å²) in [6.07, 6.45) is 0.992. The van der Waals surface area contributed by atoms with Crippen molar-refractivity contribution in [3.8, 4) is 5.75 Å². The Bertz CT molecular complexity index is 476. The molecule has 1 fully saturated rings. The molecule has 1 atom stereocenters. The second kappa shape index (κ2) is 6.61. The first-order valence-corrected chi connectivity index (χ1v) is 7.09. The van der Waals surface area contributed by atoms with Gasteiger partial charge in [-0.2, -0.15) is 0 Å². The van der Waals surface area contributed by atoms with E-state index in [9.17, 15) is 4.79 Å². The van der Waals surface area contributed by atoms with E-state index in [0.717, 1.165) is 43.1 Å². The molecule has 2 rings (SSSR count). The molecular formula is C15H23N3O2. The van der Waals surface area contributed by atoms with Crippen LogP contribution in [0.2, 0.25) is 0 Å². The molecule has 0 aliphatic carbocycles. The SMILES string of the molecule is CCOc1ccc(N)cc1CN1CCC(NC(C)=O)C1. The van der Waals surface area contributed by atoms with Crippen LogP contribution in [0.5, 0.6) is 5.75 Å². The van der Waals surface area contributed by atoms with Gasteiger partial charge in [0, 0.05) is 43.9 Å². The van der Waals surface area contributed by atoms with Crippen LogP contribution in [0.3, 0.4) is 0 Å². The van der Waals surface area contributed by atoms with Gasteiger partial charge in [0.05, 0.1) is 6.61 Å². The molecule has 1 aliphatic heterocycles. The Kier molecular flexibility index (Phi) is 4.84. The van der Waals surface area contributed by atoms with Crippen molar-refractivity contribution in [2.45, 2.75) is 32.9 Å². The zero-order chi connectivity index (χ0) is 14.5. The van der Waals surface area contributed by atoms with E-state index in [1.54, 1.807) is 6.92 Å². The molecule has 1 aromatic carbocycles. The minimum absolute atomic E-state index is 0.0378. The van der Waals surface area contributed by atoms with Gasteiger partial charge in [-0.1, -0.05) is 0 Å². The standard InChI is InChI=1S/C15H23N3O2/c1-3-20-15-5-4-13(16)8-12(15)9-18-7-6-14(10-18)17-11(2)19/h4-5,8,14H,3,6-7,9-10,16H2,1-2H3,(H,17,19). The van der Waals surface area contributed by atoms with E-state index in [1.165, 1.54) is 0 Å². The number of anilines is 1. The van der Waals surface area contributed by atoms with E-state index in [0.29, 0.717) is 6.61 Å². The summed E-state index contributed by atoms with van der Waals surface area (Å²) in [4.78, 5) is 13.4. The maximum Gasteiger partial charge on any atom is 0.217 e. The van der Waals surface area contributed by atoms with E-state index in [1.807, 2.05) is 25.1 Å². The third-order valence-corrected chi connectivity index (χ3v) is 3.46. The topological polar surface area (TPSA) is 67.6 Å². The number of nitrogens with two attached hydrogens (primary N) is 1. The second-order valence-electron chi connectivity index (χ2n) is 5.22. The molecule has 1 aliphatic rings. The number of benzene rings is 1. The summed E-state index contributed by atoms with van der Waals surface area (Å²) in [6, 6.07) is 6.01. The minimum Gasteiger partial charge on any atom is -0.494 e. The number of carbonyl (C=O) groups excluding carboxylic acids is 1. The smallest absolute Gasteiger partial charge is 0.217 e. The van der Waals surface area contributed by atoms with Crippen LogP contribution >= 0.6 is 0 Å². The quantitative estimate of drug-likeness (QED) is 0.798. The highest BCUT2D eigenvalue weighted by molar-refractivity contribution is 5.73. The van der Waals surface area contributed by atoms with Crippen LogP contribution in [-0.2, 0) is 11.3 Å². The van der Waals surface area contributed by atoms with Gasteiger partial charge in [-0.25, -0.2) is 0 Å². The summed E-state index contributed by atoms with van der Waals surface area (Å²) in [5.41, 5.74) is 7.72. The summed E-state index contributed by atoms with van der Waals surface area (Å²) < 4.78 is 5.64. The van der Waals surface area contributed by atoms with Crippen LogP contribution in [0.15, 0.2) is 18.2 Å². The highest BCUT2D eigenvalue weighted by Crippen LogP contribution is 2.24. The van der Waals surface area contributed by atoms with E-state index >= 15 is 0 Å². The van der Waals surface area contributed by atoms with Crippen LogP contribution in [0.1, 0.15) is 25.8 Å². The molecule has 1 saturated heterocycles. The molecule has 110 valence electrons. The maximum atomic E-state index is 11.1. The summed E-state index contributed by atoms with van der Waals surface area (Å²) >= 11 is 0. The van der Waals surface area contributed by atoms with Gasteiger partial charge in [-0.3, -0.25) is 9.69 Å². The van der Waals surface area contributed by atoms with E-state index < -0.39 is 0 Å². The molecule has 0 spiro atoms. The minimum atomic E-state index is 0.0378. The number of likely N-dealkylation sites (tertiary alicyclic amines) is 1. The van der Waals surface area contributed by atoms with Crippen LogP contribution in [0.4, 0.5) is 5.69 Å². The van der Waals surface area contributed by atoms with Crippen molar-refractivity contribution in [3.63, 3.8) is 0 Å². The van der Waals surface area contributed by atoms with E-state index in [4.69, 9.17) is 10.5 Å². The summed E-state index contributed by atoms with van der Waals surface area (Å²) in [6.45, 7) is 6.84. The number of nitrogens with one attached hydrogen (secondary N) is 1. The van der Waals surface area contributed by atoms with E-state index in [2.05, 4.69) is 10.2 Å². The largest absolute Gasteiger partial charge is 0.494 e. The van der Waals surface area contributed by atoms with Gasteiger partial charge in [0.1, 0.15) is 5.75 Å². The van der Waals surface area contributed by atoms with Crippen molar-refractivity contribution in [3.05, 3.63) is 23.8 Å². The Morgan fingerprint density at radius 2 is 2.35 bits per heavy atom. The molecule has 5 heteroatoms. The fourth-order valence-electron chi connectivity index (χ4n) is 2.64. The van der Waals surface area contributed by atoms with Crippen molar-refractivity contribution in [2.24, 2.45) is 0 Å². The molecule has 1 amide bonds. The number of hydrogen-bond acceptors (Lipinski definition) is 4. The van der Waals surface area contributed by atoms with Crippen LogP contribution in [0, 0.1) is 0 Å². The Morgan fingerprint density at radius 3 is 3.05 bits per heavy atom. The number of hydrogen-bond donors (Lipinski definition) is 2. The van der Waals surface area contributed by atoms with Crippen molar-refractivity contribution in [2.75, 3.05) is 25.4 Å². The van der Waals surface area contributed by atoms with Gasteiger partial charge in [0.15, 0.2) is 0 Å². The Labute approximate surface area is 120 Å². The Morgan fingerprint density at radius 1 is 1.55 bits per heavy atom. The molecule has 0 radical (unpaired) electrons. The van der Waals surface area contributed by atoms with Gasteiger partial charge >= 0.3 is 0 Å². The van der Waals surface area contributed by atoms with Crippen molar-refractivity contribution < 1.29 is 9.53 Å². The molecule has 5 nitrogen and oxygen atoms in total.